The molecule has 3 nitrogen and oxygen atoms in total. The van der Waals surface area contributed by atoms with Crippen LogP contribution in [0.15, 0.2) is 18.3 Å². The van der Waals surface area contributed by atoms with Gasteiger partial charge in [-0.25, -0.2) is 4.98 Å². The molecule has 1 aromatic rings. The third-order valence-electron chi connectivity index (χ3n) is 1.74. The maximum Gasteiger partial charge on any atom is 0.421 e. The number of rotatable bonds is 3. The number of alkyl halides is 3. The summed E-state index contributed by atoms with van der Waals surface area (Å²) in [5, 5.41) is 0. The minimum absolute atomic E-state index is 0.181. The van der Waals surface area contributed by atoms with Crippen LogP contribution < -0.4 is 4.74 Å². The van der Waals surface area contributed by atoms with Crippen molar-refractivity contribution in [2.24, 2.45) is 0 Å². The largest absolute Gasteiger partial charge is 0.481 e. The Hall–Kier alpha value is -1.85. The van der Waals surface area contributed by atoms with Gasteiger partial charge in [0.05, 0.1) is 7.11 Å². The fourth-order valence-electron chi connectivity index (χ4n) is 1.08. The number of allylic oxidation sites excluding steroid dienone is 1. The Labute approximate surface area is 89.6 Å². The Morgan fingerprint density at radius 1 is 1.44 bits per heavy atom. The Morgan fingerprint density at radius 3 is 2.62 bits per heavy atom. The molecule has 0 fully saturated rings. The number of halogens is 3. The summed E-state index contributed by atoms with van der Waals surface area (Å²) in [7, 11) is 1.11. The molecule has 0 radical (unpaired) electrons. The first kappa shape index (κ1) is 12.2. The van der Waals surface area contributed by atoms with Gasteiger partial charge >= 0.3 is 6.18 Å². The molecule has 0 saturated carbocycles. The van der Waals surface area contributed by atoms with Gasteiger partial charge < -0.3 is 4.74 Å². The number of carbonyl (C=O) groups is 1. The molecule has 0 saturated heterocycles. The number of carbonyl (C=O) groups excluding carboxylic acids is 1. The van der Waals surface area contributed by atoms with Crippen LogP contribution in [0, 0.1) is 0 Å². The summed E-state index contributed by atoms with van der Waals surface area (Å²) in [6.07, 6.45) is -0.562. The smallest absolute Gasteiger partial charge is 0.421 e. The van der Waals surface area contributed by atoms with Gasteiger partial charge in [-0.3, -0.25) is 4.79 Å². The standard InChI is InChI=1S/C10H8F3NO2/c1-16-9-8(10(11,12)13)5-7(6-14-9)3-2-4-15/h2-6H,1H3. The molecule has 0 unspecified atom stereocenters. The highest BCUT2D eigenvalue weighted by Gasteiger charge is 2.35. The van der Waals surface area contributed by atoms with E-state index in [0.717, 1.165) is 19.3 Å². The van der Waals surface area contributed by atoms with Gasteiger partial charge in [-0.05, 0) is 17.7 Å². The number of nitrogens with zero attached hydrogens (tertiary/aromatic N) is 1. The molecular formula is C10H8F3NO2. The summed E-state index contributed by atoms with van der Waals surface area (Å²) in [6.45, 7) is 0. The van der Waals surface area contributed by atoms with E-state index in [-0.39, 0.29) is 5.56 Å². The van der Waals surface area contributed by atoms with Gasteiger partial charge in [0.15, 0.2) is 0 Å². The molecule has 1 aromatic heterocycles. The minimum atomic E-state index is -4.54. The molecule has 16 heavy (non-hydrogen) atoms. The van der Waals surface area contributed by atoms with Crippen LogP contribution in [0.2, 0.25) is 0 Å². The molecule has 0 bridgehead atoms. The van der Waals surface area contributed by atoms with Crippen molar-refractivity contribution in [2.45, 2.75) is 6.18 Å². The van der Waals surface area contributed by atoms with Gasteiger partial charge in [-0.1, -0.05) is 6.08 Å². The third kappa shape index (κ3) is 2.82. The summed E-state index contributed by atoms with van der Waals surface area (Å²) in [5.41, 5.74) is -0.789. The zero-order chi connectivity index (χ0) is 12.2. The van der Waals surface area contributed by atoms with E-state index in [1.165, 1.54) is 12.3 Å². The molecule has 6 heteroatoms. The lowest BCUT2D eigenvalue weighted by atomic mass is 10.2. The third-order valence-corrected chi connectivity index (χ3v) is 1.74. The van der Waals surface area contributed by atoms with Crippen LogP contribution >= 0.6 is 0 Å². The van der Waals surface area contributed by atoms with Crippen molar-refractivity contribution in [1.29, 1.82) is 0 Å². The number of aromatic nitrogens is 1. The first-order valence-electron chi connectivity index (χ1n) is 4.22. The topological polar surface area (TPSA) is 39.2 Å². The van der Waals surface area contributed by atoms with Gasteiger partial charge in [0.1, 0.15) is 11.8 Å². The van der Waals surface area contributed by atoms with Crippen LogP contribution in [0.1, 0.15) is 11.1 Å². The predicted octanol–water partition coefficient (Wildman–Crippen LogP) is 2.32. The number of methoxy groups -OCH3 is 1. The maximum atomic E-state index is 12.5. The molecule has 0 spiro atoms. The SMILES string of the molecule is COc1ncc(C=CC=O)cc1C(F)(F)F. The van der Waals surface area contributed by atoms with Crippen molar-refractivity contribution in [3.63, 3.8) is 0 Å². The van der Waals surface area contributed by atoms with Crippen molar-refractivity contribution >= 4 is 12.4 Å². The fraction of sp³-hybridized carbons (Fsp3) is 0.200. The Bertz CT molecular complexity index is 413. The van der Waals surface area contributed by atoms with E-state index in [0.29, 0.717) is 6.29 Å². The average Bonchev–Trinajstić information content (AvgIpc) is 2.24. The summed E-state index contributed by atoms with van der Waals surface area (Å²) >= 11 is 0. The molecule has 0 amide bonds. The molecule has 0 aromatic carbocycles. The van der Waals surface area contributed by atoms with Crippen molar-refractivity contribution in [3.8, 4) is 5.88 Å². The highest BCUT2D eigenvalue weighted by Crippen LogP contribution is 2.35. The molecule has 0 N–H and O–H groups in total. The average molecular weight is 231 g/mol. The van der Waals surface area contributed by atoms with E-state index in [4.69, 9.17) is 0 Å². The maximum absolute atomic E-state index is 12.5. The molecule has 1 heterocycles. The summed E-state index contributed by atoms with van der Waals surface area (Å²) in [4.78, 5) is 13.5. The highest BCUT2D eigenvalue weighted by molar-refractivity contribution is 5.73. The van der Waals surface area contributed by atoms with Crippen molar-refractivity contribution in [1.82, 2.24) is 4.98 Å². The second kappa shape index (κ2) is 4.78. The van der Waals surface area contributed by atoms with E-state index in [2.05, 4.69) is 9.72 Å². The minimum Gasteiger partial charge on any atom is -0.481 e. The summed E-state index contributed by atoms with van der Waals surface area (Å²) in [5.74, 6) is -0.490. The lowest BCUT2D eigenvalue weighted by Crippen LogP contribution is -2.09. The van der Waals surface area contributed by atoms with Crippen LogP contribution in [0.25, 0.3) is 6.08 Å². The molecule has 86 valence electrons. The molecule has 0 aliphatic carbocycles. The second-order valence-corrected chi connectivity index (χ2v) is 2.82. The Kier molecular flexibility index (Phi) is 3.65. The highest BCUT2D eigenvalue weighted by atomic mass is 19.4. The molecule has 0 atom stereocenters. The Balaban J connectivity index is 3.21. The summed E-state index contributed by atoms with van der Waals surface area (Å²) in [6, 6.07) is 0.867. The second-order valence-electron chi connectivity index (χ2n) is 2.82. The fourth-order valence-corrected chi connectivity index (χ4v) is 1.08. The molecule has 1 rings (SSSR count). The van der Waals surface area contributed by atoms with Crippen molar-refractivity contribution in [2.75, 3.05) is 7.11 Å². The van der Waals surface area contributed by atoms with Crippen LogP contribution in [-0.4, -0.2) is 18.4 Å². The number of hydrogen-bond acceptors (Lipinski definition) is 3. The number of pyridine rings is 1. The first-order chi connectivity index (χ1) is 7.49. The molecule has 0 aliphatic heterocycles. The first-order valence-corrected chi connectivity index (χ1v) is 4.22. The van der Waals surface area contributed by atoms with Crippen LogP contribution in [0.4, 0.5) is 13.2 Å². The number of aldehydes is 1. The monoisotopic (exact) mass is 231 g/mol. The van der Waals surface area contributed by atoms with Crippen molar-refractivity contribution < 1.29 is 22.7 Å². The van der Waals surface area contributed by atoms with Gasteiger partial charge in [-0.15, -0.1) is 0 Å². The normalized spacial score (nSPS) is 11.8. The zero-order valence-electron chi connectivity index (χ0n) is 8.28. The van der Waals surface area contributed by atoms with Gasteiger partial charge in [0.2, 0.25) is 5.88 Å². The van der Waals surface area contributed by atoms with Gasteiger partial charge in [0, 0.05) is 6.20 Å². The lowest BCUT2D eigenvalue weighted by molar-refractivity contribution is -0.139. The van der Waals surface area contributed by atoms with E-state index < -0.39 is 17.6 Å². The lowest BCUT2D eigenvalue weighted by Gasteiger charge is -2.10. The number of hydrogen-bond donors (Lipinski definition) is 0. The number of ether oxygens (including phenoxy) is 1. The van der Waals surface area contributed by atoms with E-state index in [9.17, 15) is 18.0 Å². The molecule has 0 aliphatic rings. The van der Waals surface area contributed by atoms with Crippen LogP contribution in [-0.2, 0) is 11.0 Å². The Morgan fingerprint density at radius 2 is 2.12 bits per heavy atom. The van der Waals surface area contributed by atoms with E-state index >= 15 is 0 Å². The van der Waals surface area contributed by atoms with Crippen molar-refractivity contribution in [3.05, 3.63) is 29.5 Å². The van der Waals surface area contributed by atoms with Crippen LogP contribution in [0.3, 0.4) is 0 Å². The molecular weight excluding hydrogens is 223 g/mol. The zero-order valence-corrected chi connectivity index (χ0v) is 8.28. The summed E-state index contributed by atoms with van der Waals surface area (Å²) < 4.78 is 42.1. The van der Waals surface area contributed by atoms with Crippen LogP contribution in [0.5, 0.6) is 5.88 Å². The quantitative estimate of drug-likeness (QED) is 0.592. The van der Waals surface area contributed by atoms with Gasteiger partial charge in [-0.2, -0.15) is 13.2 Å². The van der Waals surface area contributed by atoms with E-state index in [1.807, 2.05) is 0 Å². The predicted molar refractivity (Wildman–Crippen MR) is 50.9 cm³/mol. The van der Waals surface area contributed by atoms with E-state index in [1.54, 1.807) is 0 Å². The van der Waals surface area contributed by atoms with Gasteiger partial charge in [0.25, 0.3) is 0 Å².